The quantitative estimate of drug-likeness (QED) is 0.178. The van der Waals surface area contributed by atoms with Crippen LogP contribution >= 0.6 is 0 Å². The molecule has 3 heteroatoms. The molecular weight excluding hydrogens is 787 g/mol. The average Bonchev–Trinajstić information content (AvgIpc) is 3.73. The van der Waals surface area contributed by atoms with Crippen molar-refractivity contribution in [3.05, 3.63) is 240 Å². The summed E-state index contributed by atoms with van der Waals surface area (Å²) in [7, 11) is 0. The summed E-state index contributed by atoms with van der Waals surface area (Å²) in [6.07, 6.45) is 11.4. The van der Waals surface area contributed by atoms with Gasteiger partial charge in [-0.3, -0.25) is 0 Å². The molecule has 0 saturated heterocycles. The number of anilines is 1. The van der Waals surface area contributed by atoms with E-state index in [9.17, 15) is 0 Å². The molecule has 65 heavy (non-hydrogen) atoms. The van der Waals surface area contributed by atoms with Gasteiger partial charge in [-0.2, -0.15) is 0 Å². The van der Waals surface area contributed by atoms with Crippen molar-refractivity contribution in [2.45, 2.75) is 30.8 Å². The summed E-state index contributed by atoms with van der Waals surface area (Å²) in [4.78, 5) is 5.65. The Balaban J connectivity index is 1.07. The van der Waals surface area contributed by atoms with Crippen molar-refractivity contribution in [1.82, 2.24) is 4.57 Å². The molecule has 1 aliphatic heterocycles. The number of aromatic nitrogens is 1. The highest BCUT2D eigenvalue weighted by Gasteiger charge is 2.33. The molecule has 2 heterocycles. The normalized spacial score (nSPS) is 17.9. The van der Waals surface area contributed by atoms with Gasteiger partial charge in [-0.05, 0) is 108 Å². The first kappa shape index (κ1) is 37.5. The fourth-order valence-corrected chi connectivity index (χ4v) is 11.1. The van der Waals surface area contributed by atoms with Crippen LogP contribution in [-0.4, -0.2) is 16.3 Å². The van der Waals surface area contributed by atoms with E-state index in [1.807, 2.05) is 0 Å². The largest absolute Gasteiger partial charge is 0.371 e. The summed E-state index contributed by atoms with van der Waals surface area (Å²) >= 11 is 0. The standard InChI is InChI=1S/C62H45N3/c1-4-18-40(19-5-1)41-32-34-44(35-33-41)61-62(64-56-31-17-16-30-55(56)63-61)54-37-46(36-45-24-10-11-25-47(45)54)65-57-38-52(42-20-6-2-7-21-42)48-26-12-14-28-50(48)59(57)60-51-29-15-13-27-49(51)53(39-58(60)65)43-22-8-3-9-23-43/h1-32,34-36,38-39,41,46,61,63H,33,37H2/t41?,46?,61-/m1/s1. The lowest BCUT2D eigenvalue weighted by molar-refractivity contribution is 0.688. The van der Waals surface area contributed by atoms with E-state index in [4.69, 9.17) is 4.99 Å². The zero-order valence-corrected chi connectivity index (χ0v) is 35.9. The molecule has 3 atom stereocenters. The van der Waals surface area contributed by atoms with Crippen LogP contribution in [0.2, 0.25) is 0 Å². The van der Waals surface area contributed by atoms with Crippen molar-refractivity contribution in [2.24, 2.45) is 4.99 Å². The van der Waals surface area contributed by atoms with E-state index in [1.165, 1.54) is 92.8 Å². The van der Waals surface area contributed by atoms with Gasteiger partial charge in [0.25, 0.3) is 0 Å². The van der Waals surface area contributed by atoms with Crippen LogP contribution in [0.25, 0.3) is 77.3 Å². The molecule has 0 bridgehead atoms. The van der Waals surface area contributed by atoms with E-state index in [0.29, 0.717) is 5.92 Å². The molecule has 308 valence electrons. The number of aliphatic imine (C=N–C) groups is 1. The van der Waals surface area contributed by atoms with Gasteiger partial charge in [-0.1, -0.05) is 200 Å². The molecule has 0 saturated carbocycles. The predicted molar refractivity (Wildman–Crippen MR) is 275 cm³/mol. The molecule has 13 rings (SSSR count). The number of nitrogens with zero attached hydrogens (tertiary/aromatic N) is 2. The van der Waals surface area contributed by atoms with Gasteiger partial charge in [0.2, 0.25) is 0 Å². The summed E-state index contributed by atoms with van der Waals surface area (Å²) in [5, 5.41) is 14.2. The highest BCUT2D eigenvalue weighted by atomic mass is 15.0. The summed E-state index contributed by atoms with van der Waals surface area (Å²) in [5.41, 5.74) is 14.4. The third-order valence-electron chi connectivity index (χ3n) is 14.1. The van der Waals surface area contributed by atoms with Gasteiger partial charge in [-0.25, -0.2) is 4.99 Å². The summed E-state index contributed by atoms with van der Waals surface area (Å²) < 4.78 is 2.68. The highest BCUT2D eigenvalue weighted by Crippen LogP contribution is 2.47. The Kier molecular flexibility index (Phi) is 8.87. The van der Waals surface area contributed by atoms with Gasteiger partial charge >= 0.3 is 0 Å². The maximum Gasteiger partial charge on any atom is 0.0940 e. The van der Waals surface area contributed by atoms with Crippen LogP contribution in [0.3, 0.4) is 0 Å². The topological polar surface area (TPSA) is 29.3 Å². The number of nitrogens with one attached hydrogen (secondary N) is 1. The van der Waals surface area contributed by atoms with Crippen LogP contribution in [0.15, 0.2) is 229 Å². The molecule has 3 nitrogen and oxygen atoms in total. The lowest BCUT2D eigenvalue weighted by Crippen LogP contribution is -2.41. The molecule has 2 aliphatic carbocycles. The third-order valence-corrected chi connectivity index (χ3v) is 14.1. The lowest BCUT2D eigenvalue weighted by atomic mass is 9.83. The predicted octanol–water partition coefficient (Wildman–Crippen LogP) is 14.2. The Hall–Kier alpha value is -8.01. The first-order valence-electron chi connectivity index (χ1n) is 22.9. The van der Waals surface area contributed by atoms with Crippen molar-refractivity contribution in [3.8, 4) is 22.3 Å². The Morgan fingerprint density at radius 1 is 0.538 bits per heavy atom. The van der Waals surface area contributed by atoms with Crippen LogP contribution in [0, 0.1) is 0 Å². The second kappa shape index (κ2) is 15.4. The molecule has 2 unspecified atom stereocenters. The van der Waals surface area contributed by atoms with Crippen LogP contribution in [0.5, 0.6) is 0 Å². The van der Waals surface area contributed by atoms with E-state index in [-0.39, 0.29) is 12.1 Å². The average molecular weight is 832 g/mol. The smallest absolute Gasteiger partial charge is 0.0940 e. The van der Waals surface area contributed by atoms with E-state index in [1.54, 1.807) is 0 Å². The maximum atomic E-state index is 5.65. The molecule has 0 fully saturated rings. The monoisotopic (exact) mass is 831 g/mol. The van der Waals surface area contributed by atoms with E-state index in [2.05, 4.69) is 234 Å². The molecule has 3 aliphatic rings. The number of rotatable bonds is 6. The van der Waals surface area contributed by atoms with Crippen molar-refractivity contribution in [2.75, 3.05) is 5.32 Å². The summed E-state index contributed by atoms with van der Waals surface area (Å²) in [5.74, 6) is 0.349. The molecule has 0 amide bonds. The minimum atomic E-state index is -0.111. The maximum absolute atomic E-state index is 5.65. The SMILES string of the molecule is C1=CC(c2ccccc2)CC=C1[C@H]1Nc2ccccc2N=C1C1=c2ccccc2=CC(n2c3cc(-c4ccccc4)c4ccccc4c3c3c4ccccc4c(-c4ccccc4)cc32)C1. The van der Waals surface area contributed by atoms with Crippen LogP contribution in [0.4, 0.5) is 11.4 Å². The van der Waals surface area contributed by atoms with Crippen LogP contribution in [0.1, 0.15) is 30.4 Å². The van der Waals surface area contributed by atoms with Gasteiger partial charge in [0.1, 0.15) is 0 Å². The van der Waals surface area contributed by atoms with Crippen molar-refractivity contribution in [3.63, 3.8) is 0 Å². The molecular formula is C62H45N3. The summed E-state index contributed by atoms with van der Waals surface area (Å²) in [6, 6.07) is 73.1. The second-order valence-electron chi connectivity index (χ2n) is 17.7. The van der Waals surface area contributed by atoms with E-state index < -0.39 is 0 Å². The van der Waals surface area contributed by atoms with Crippen molar-refractivity contribution >= 4 is 72.1 Å². The van der Waals surface area contributed by atoms with Crippen LogP contribution < -0.4 is 15.8 Å². The summed E-state index contributed by atoms with van der Waals surface area (Å²) in [6.45, 7) is 0. The Labute approximate surface area is 378 Å². The number of allylic oxidation sites excluding steroid dienone is 2. The van der Waals surface area contributed by atoms with Crippen molar-refractivity contribution in [1.29, 1.82) is 0 Å². The number of hydrogen-bond donors (Lipinski definition) is 1. The minimum Gasteiger partial charge on any atom is -0.371 e. The number of hydrogen-bond acceptors (Lipinski definition) is 2. The van der Waals surface area contributed by atoms with Gasteiger partial charge in [0, 0.05) is 16.7 Å². The zero-order valence-electron chi connectivity index (χ0n) is 35.9. The van der Waals surface area contributed by atoms with Crippen LogP contribution in [-0.2, 0) is 0 Å². The van der Waals surface area contributed by atoms with Gasteiger partial charge in [0.05, 0.1) is 40.2 Å². The van der Waals surface area contributed by atoms with Crippen molar-refractivity contribution < 1.29 is 0 Å². The van der Waals surface area contributed by atoms with Gasteiger partial charge in [0.15, 0.2) is 0 Å². The fraction of sp³-hybridized carbons (Fsp3) is 0.0806. The van der Waals surface area contributed by atoms with Gasteiger partial charge < -0.3 is 9.88 Å². The Bertz CT molecular complexity index is 3610. The zero-order chi connectivity index (χ0) is 42.8. The Morgan fingerprint density at radius 3 is 1.72 bits per heavy atom. The fourth-order valence-electron chi connectivity index (χ4n) is 11.1. The molecule has 10 aromatic rings. The lowest BCUT2D eigenvalue weighted by Gasteiger charge is -2.33. The first-order valence-corrected chi connectivity index (χ1v) is 22.9. The number of benzene rings is 9. The molecule has 9 aromatic carbocycles. The third kappa shape index (κ3) is 6.22. The number of para-hydroxylation sites is 2. The van der Waals surface area contributed by atoms with E-state index in [0.717, 1.165) is 29.9 Å². The number of fused-ring (bicyclic) bond motifs is 9. The molecule has 0 spiro atoms. The molecule has 1 N–H and O–H groups in total. The minimum absolute atomic E-state index is 0.0201. The second-order valence-corrected chi connectivity index (χ2v) is 17.7. The first-order chi connectivity index (χ1) is 32.2. The molecule has 0 radical (unpaired) electrons. The van der Waals surface area contributed by atoms with E-state index >= 15 is 0 Å². The molecule has 1 aromatic heterocycles. The Morgan fingerprint density at radius 2 is 1.09 bits per heavy atom. The highest BCUT2D eigenvalue weighted by molar-refractivity contribution is 6.31. The van der Waals surface area contributed by atoms with Gasteiger partial charge in [-0.15, -0.1) is 0 Å².